The van der Waals surface area contributed by atoms with Crippen LogP contribution < -0.4 is 10.6 Å². The number of nitrogens with zero attached hydrogens (tertiary/aromatic N) is 2. The van der Waals surface area contributed by atoms with E-state index < -0.39 is 0 Å². The SMILES string of the molecule is CC(=O)NC(CC(=O)NCCCc1cn(-c2ccccc2)nc1C)c1ccc(Cl)cc1. The molecule has 2 N–H and O–H groups in total. The van der Waals surface area contributed by atoms with Gasteiger partial charge in [-0.25, -0.2) is 4.68 Å². The van der Waals surface area contributed by atoms with Crippen molar-refractivity contribution in [1.29, 1.82) is 0 Å². The summed E-state index contributed by atoms with van der Waals surface area (Å²) in [5.41, 5.74) is 4.02. The van der Waals surface area contributed by atoms with Crippen molar-refractivity contribution in [1.82, 2.24) is 20.4 Å². The highest BCUT2D eigenvalue weighted by molar-refractivity contribution is 6.30. The molecule has 0 saturated heterocycles. The largest absolute Gasteiger partial charge is 0.356 e. The van der Waals surface area contributed by atoms with Crippen LogP contribution >= 0.6 is 11.6 Å². The summed E-state index contributed by atoms with van der Waals surface area (Å²) in [5.74, 6) is -0.288. The molecule has 7 heteroatoms. The van der Waals surface area contributed by atoms with Gasteiger partial charge in [-0.2, -0.15) is 5.10 Å². The van der Waals surface area contributed by atoms with Gasteiger partial charge in [0.05, 0.1) is 23.8 Å². The molecule has 1 heterocycles. The quantitative estimate of drug-likeness (QED) is 0.493. The molecule has 1 atom stereocenters. The van der Waals surface area contributed by atoms with Gasteiger partial charge in [0.2, 0.25) is 11.8 Å². The van der Waals surface area contributed by atoms with Crippen LogP contribution in [0.4, 0.5) is 0 Å². The first-order chi connectivity index (χ1) is 14.9. The summed E-state index contributed by atoms with van der Waals surface area (Å²) in [5, 5.41) is 11.0. The summed E-state index contributed by atoms with van der Waals surface area (Å²) in [6, 6.07) is 16.7. The number of hydrogen-bond donors (Lipinski definition) is 2. The lowest BCUT2D eigenvalue weighted by atomic mass is 10.0. The molecule has 1 unspecified atom stereocenters. The lowest BCUT2D eigenvalue weighted by Crippen LogP contribution is -2.33. The molecule has 0 saturated carbocycles. The third-order valence-electron chi connectivity index (χ3n) is 5.01. The first kappa shape index (κ1) is 22.6. The number of aryl methyl sites for hydroxylation is 2. The van der Waals surface area contributed by atoms with Gasteiger partial charge < -0.3 is 10.6 Å². The molecule has 0 bridgehead atoms. The Labute approximate surface area is 187 Å². The van der Waals surface area contributed by atoms with E-state index in [1.165, 1.54) is 6.92 Å². The normalized spacial score (nSPS) is 11.7. The van der Waals surface area contributed by atoms with Gasteiger partial charge in [-0.05, 0) is 55.2 Å². The van der Waals surface area contributed by atoms with Crippen LogP contribution in [0, 0.1) is 6.92 Å². The molecule has 0 aliphatic rings. The van der Waals surface area contributed by atoms with E-state index in [2.05, 4.69) is 15.7 Å². The molecule has 31 heavy (non-hydrogen) atoms. The van der Waals surface area contributed by atoms with E-state index in [0.29, 0.717) is 11.6 Å². The van der Waals surface area contributed by atoms with Crippen molar-refractivity contribution in [3.8, 4) is 5.69 Å². The minimum absolute atomic E-state index is 0.106. The van der Waals surface area contributed by atoms with Crippen molar-refractivity contribution < 1.29 is 9.59 Å². The van der Waals surface area contributed by atoms with E-state index >= 15 is 0 Å². The molecule has 0 fully saturated rings. The minimum Gasteiger partial charge on any atom is -0.356 e. The second kappa shape index (κ2) is 10.8. The first-order valence-electron chi connectivity index (χ1n) is 10.3. The molecule has 0 aliphatic carbocycles. The van der Waals surface area contributed by atoms with Crippen LogP contribution in [0.2, 0.25) is 5.02 Å². The number of rotatable bonds is 9. The Kier molecular flexibility index (Phi) is 7.84. The zero-order valence-corrected chi connectivity index (χ0v) is 18.5. The number of nitrogens with one attached hydrogen (secondary N) is 2. The smallest absolute Gasteiger partial charge is 0.222 e. The second-order valence-corrected chi connectivity index (χ2v) is 7.92. The Bertz CT molecular complexity index is 1020. The van der Waals surface area contributed by atoms with Crippen LogP contribution in [-0.4, -0.2) is 28.1 Å². The highest BCUT2D eigenvalue weighted by atomic mass is 35.5. The van der Waals surface area contributed by atoms with Crippen molar-refractivity contribution in [3.05, 3.63) is 82.6 Å². The van der Waals surface area contributed by atoms with Crippen LogP contribution in [0.15, 0.2) is 60.8 Å². The third kappa shape index (κ3) is 6.69. The molecular formula is C24H27ClN4O2. The third-order valence-corrected chi connectivity index (χ3v) is 5.26. The van der Waals surface area contributed by atoms with Gasteiger partial charge >= 0.3 is 0 Å². The van der Waals surface area contributed by atoms with E-state index in [1.807, 2.05) is 60.3 Å². The van der Waals surface area contributed by atoms with Crippen molar-refractivity contribution in [3.63, 3.8) is 0 Å². The zero-order chi connectivity index (χ0) is 22.2. The van der Waals surface area contributed by atoms with Crippen LogP contribution in [0.1, 0.15) is 42.6 Å². The number of amides is 2. The highest BCUT2D eigenvalue weighted by Gasteiger charge is 2.17. The van der Waals surface area contributed by atoms with Crippen molar-refractivity contribution in [2.45, 2.75) is 39.2 Å². The average molecular weight is 439 g/mol. The fourth-order valence-corrected chi connectivity index (χ4v) is 3.54. The van der Waals surface area contributed by atoms with E-state index in [-0.39, 0.29) is 24.3 Å². The summed E-state index contributed by atoms with van der Waals surface area (Å²) in [4.78, 5) is 24.0. The number of carbonyl (C=O) groups is 2. The zero-order valence-electron chi connectivity index (χ0n) is 17.8. The van der Waals surface area contributed by atoms with Gasteiger partial charge in [-0.1, -0.05) is 41.9 Å². The summed E-state index contributed by atoms with van der Waals surface area (Å²) in [7, 11) is 0. The predicted molar refractivity (Wildman–Crippen MR) is 122 cm³/mol. The minimum atomic E-state index is -0.388. The van der Waals surface area contributed by atoms with Gasteiger partial charge in [-0.3, -0.25) is 9.59 Å². The number of hydrogen-bond acceptors (Lipinski definition) is 3. The molecule has 0 spiro atoms. The summed E-state index contributed by atoms with van der Waals surface area (Å²) >= 11 is 5.94. The Morgan fingerprint density at radius 2 is 1.81 bits per heavy atom. The Morgan fingerprint density at radius 3 is 2.48 bits per heavy atom. The topological polar surface area (TPSA) is 76.0 Å². The number of benzene rings is 2. The van der Waals surface area contributed by atoms with Gasteiger partial charge in [0, 0.05) is 24.7 Å². The van der Waals surface area contributed by atoms with Crippen molar-refractivity contribution in [2.24, 2.45) is 0 Å². The number of para-hydroxylation sites is 1. The number of aromatic nitrogens is 2. The first-order valence-corrected chi connectivity index (χ1v) is 10.7. The van der Waals surface area contributed by atoms with Gasteiger partial charge in [0.15, 0.2) is 0 Å². The van der Waals surface area contributed by atoms with E-state index in [1.54, 1.807) is 12.1 Å². The van der Waals surface area contributed by atoms with E-state index in [4.69, 9.17) is 11.6 Å². The molecular weight excluding hydrogens is 412 g/mol. The molecule has 162 valence electrons. The van der Waals surface area contributed by atoms with Gasteiger partial charge in [0.1, 0.15) is 0 Å². The summed E-state index contributed by atoms with van der Waals surface area (Å²) in [6.07, 6.45) is 3.84. The maximum Gasteiger partial charge on any atom is 0.222 e. The summed E-state index contributed by atoms with van der Waals surface area (Å²) < 4.78 is 1.88. The second-order valence-electron chi connectivity index (χ2n) is 7.48. The monoisotopic (exact) mass is 438 g/mol. The summed E-state index contributed by atoms with van der Waals surface area (Å²) in [6.45, 7) is 4.00. The fourth-order valence-electron chi connectivity index (χ4n) is 3.41. The van der Waals surface area contributed by atoms with Crippen molar-refractivity contribution >= 4 is 23.4 Å². The highest BCUT2D eigenvalue weighted by Crippen LogP contribution is 2.19. The van der Waals surface area contributed by atoms with Crippen LogP contribution in [0.3, 0.4) is 0 Å². The molecule has 2 amide bonds. The van der Waals surface area contributed by atoms with Crippen molar-refractivity contribution in [2.75, 3.05) is 6.54 Å². The molecule has 1 aromatic heterocycles. The average Bonchev–Trinajstić information content (AvgIpc) is 3.12. The van der Waals surface area contributed by atoms with Crippen LogP contribution in [0.25, 0.3) is 5.69 Å². The van der Waals surface area contributed by atoms with E-state index in [0.717, 1.165) is 35.3 Å². The maximum absolute atomic E-state index is 12.4. The molecule has 6 nitrogen and oxygen atoms in total. The molecule has 0 aliphatic heterocycles. The molecule has 3 rings (SSSR count). The molecule has 3 aromatic rings. The Hall–Kier alpha value is -3.12. The van der Waals surface area contributed by atoms with Gasteiger partial charge in [0.25, 0.3) is 0 Å². The fraction of sp³-hybridized carbons (Fsp3) is 0.292. The van der Waals surface area contributed by atoms with Crippen LogP contribution in [-0.2, 0) is 16.0 Å². The maximum atomic E-state index is 12.4. The van der Waals surface area contributed by atoms with Crippen LogP contribution in [0.5, 0.6) is 0 Å². The standard InChI is InChI=1S/C24H27ClN4O2/c1-17-20(16-29(28-17)22-8-4-3-5-9-22)7-6-14-26-24(31)15-23(27-18(2)30)19-10-12-21(25)13-11-19/h3-5,8-13,16,23H,6-7,14-15H2,1-2H3,(H,26,31)(H,27,30). The van der Waals surface area contributed by atoms with E-state index in [9.17, 15) is 9.59 Å². The molecule has 2 aromatic carbocycles. The lowest BCUT2D eigenvalue weighted by molar-refractivity contribution is -0.122. The Balaban J connectivity index is 1.50. The Morgan fingerprint density at radius 1 is 1.10 bits per heavy atom. The molecule has 0 radical (unpaired) electrons. The predicted octanol–water partition coefficient (Wildman–Crippen LogP) is 4.15. The lowest BCUT2D eigenvalue weighted by Gasteiger charge is -2.18. The van der Waals surface area contributed by atoms with Gasteiger partial charge in [-0.15, -0.1) is 0 Å². The number of carbonyl (C=O) groups excluding carboxylic acids is 2. The number of halogens is 1.